The lowest BCUT2D eigenvalue weighted by atomic mass is 9.97. The number of anilines is 1. The monoisotopic (exact) mass is 440 g/mol. The minimum absolute atomic E-state index is 0.143. The summed E-state index contributed by atoms with van der Waals surface area (Å²) < 4.78 is 2.60. The van der Waals surface area contributed by atoms with Gasteiger partial charge in [-0.15, -0.1) is 11.3 Å². The molecule has 1 aliphatic carbocycles. The van der Waals surface area contributed by atoms with Crippen molar-refractivity contribution in [3.05, 3.63) is 32.0 Å². The molecule has 2 aromatic heterocycles. The number of nitriles is 1. The number of hydrogen-bond donors (Lipinski definition) is 1. The Labute approximate surface area is 152 Å². The Hall–Kier alpha value is -1.40. The molecule has 0 unspecified atom stereocenters. The summed E-state index contributed by atoms with van der Waals surface area (Å²) in [4.78, 5) is 13.5. The Morgan fingerprint density at radius 2 is 2.17 bits per heavy atom. The van der Waals surface area contributed by atoms with E-state index in [1.54, 1.807) is 22.2 Å². The molecular weight excluding hydrogens is 423 g/mol. The van der Waals surface area contributed by atoms with E-state index in [9.17, 15) is 10.1 Å². The molecule has 1 N–H and O–H groups in total. The van der Waals surface area contributed by atoms with Crippen molar-refractivity contribution in [1.29, 1.82) is 5.26 Å². The molecule has 0 radical (unpaired) electrons. The van der Waals surface area contributed by atoms with Crippen molar-refractivity contribution in [3.63, 3.8) is 0 Å². The van der Waals surface area contributed by atoms with Crippen LogP contribution in [0, 0.1) is 14.9 Å². The quantitative estimate of drug-likeness (QED) is 0.740. The molecule has 0 aliphatic heterocycles. The van der Waals surface area contributed by atoms with Crippen molar-refractivity contribution < 1.29 is 4.79 Å². The average Bonchev–Trinajstić information content (AvgIpc) is 3.02. The van der Waals surface area contributed by atoms with Crippen LogP contribution in [-0.4, -0.2) is 15.7 Å². The first-order chi connectivity index (χ1) is 11.2. The molecular formula is C16H17IN4OS. The van der Waals surface area contributed by atoms with Crippen molar-refractivity contribution in [3.8, 4) is 6.07 Å². The van der Waals surface area contributed by atoms with Gasteiger partial charge in [-0.05, 0) is 53.8 Å². The molecule has 5 nitrogen and oxygen atoms in total. The van der Waals surface area contributed by atoms with E-state index in [1.165, 1.54) is 17.7 Å². The molecule has 0 atom stereocenters. The van der Waals surface area contributed by atoms with Crippen molar-refractivity contribution >= 4 is 44.8 Å². The van der Waals surface area contributed by atoms with Gasteiger partial charge in [0.25, 0.3) is 0 Å². The fraction of sp³-hybridized carbons (Fsp3) is 0.438. The van der Waals surface area contributed by atoms with Gasteiger partial charge in [-0.2, -0.15) is 10.4 Å². The lowest BCUT2D eigenvalue weighted by Gasteiger charge is -2.08. The highest BCUT2D eigenvalue weighted by Gasteiger charge is 2.20. The summed E-state index contributed by atoms with van der Waals surface area (Å²) >= 11 is 3.73. The SMILES string of the molecule is N#Cc1c(NC(=O)Cn2cc(I)cn2)sc2c1CCCCCC2. The number of thiophene rings is 1. The van der Waals surface area contributed by atoms with Crippen LogP contribution in [0.4, 0.5) is 5.00 Å². The molecule has 1 amide bonds. The topological polar surface area (TPSA) is 70.7 Å². The molecule has 0 aromatic carbocycles. The maximum absolute atomic E-state index is 12.2. The smallest absolute Gasteiger partial charge is 0.246 e. The van der Waals surface area contributed by atoms with E-state index in [4.69, 9.17) is 0 Å². The number of aryl methyl sites for hydroxylation is 1. The molecule has 0 bridgehead atoms. The van der Waals surface area contributed by atoms with E-state index in [0.717, 1.165) is 34.8 Å². The van der Waals surface area contributed by atoms with Crippen molar-refractivity contribution in [2.45, 2.75) is 45.1 Å². The summed E-state index contributed by atoms with van der Waals surface area (Å²) in [5.74, 6) is -0.143. The maximum atomic E-state index is 12.2. The highest BCUT2D eigenvalue weighted by molar-refractivity contribution is 14.1. The number of carbonyl (C=O) groups is 1. The number of halogens is 1. The van der Waals surface area contributed by atoms with Crippen molar-refractivity contribution in [2.75, 3.05) is 5.32 Å². The number of amides is 1. The van der Waals surface area contributed by atoms with Gasteiger partial charge in [0.2, 0.25) is 5.91 Å². The van der Waals surface area contributed by atoms with Crippen molar-refractivity contribution in [1.82, 2.24) is 9.78 Å². The first-order valence-electron chi connectivity index (χ1n) is 7.70. The van der Waals surface area contributed by atoms with Gasteiger partial charge < -0.3 is 5.32 Å². The third-order valence-electron chi connectivity index (χ3n) is 3.94. The molecule has 1 aliphatic rings. The van der Waals surface area contributed by atoms with Crippen LogP contribution in [0.25, 0.3) is 0 Å². The third-order valence-corrected chi connectivity index (χ3v) is 5.71. The van der Waals surface area contributed by atoms with Gasteiger partial charge in [-0.3, -0.25) is 9.48 Å². The fourth-order valence-corrected chi connectivity index (χ4v) is 4.57. The Balaban J connectivity index is 1.78. The summed E-state index contributed by atoms with van der Waals surface area (Å²) in [6.07, 6.45) is 10.3. The van der Waals surface area contributed by atoms with Crippen LogP contribution in [0.15, 0.2) is 12.4 Å². The number of hydrogen-bond acceptors (Lipinski definition) is 4. The van der Waals surface area contributed by atoms with E-state index >= 15 is 0 Å². The van der Waals surface area contributed by atoms with Gasteiger partial charge in [0, 0.05) is 11.1 Å². The predicted molar refractivity (Wildman–Crippen MR) is 98.5 cm³/mol. The number of fused-ring (bicyclic) bond motifs is 1. The van der Waals surface area contributed by atoms with Crippen LogP contribution in [0.5, 0.6) is 0 Å². The van der Waals surface area contributed by atoms with E-state index in [-0.39, 0.29) is 12.5 Å². The molecule has 3 rings (SSSR count). The lowest BCUT2D eigenvalue weighted by Crippen LogP contribution is -2.19. The number of rotatable bonds is 3. The second-order valence-corrected chi connectivity index (χ2v) is 7.99. The number of carbonyl (C=O) groups excluding carboxylic acids is 1. The molecule has 0 saturated heterocycles. The van der Waals surface area contributed by atoms with Gasteiger partial charge in [0.1, 0.15) is 17.6 Å². The van der Waals surface area contributed by atoms with Crippen LogP contribution < -0.4 is 5.32 Å². The molecule has 2 aromatic rings. The van der Waals surface area contributed by atoms with Crippen LogP contribution in [0.1, 0.15) is 41.7 Å². The van der Waals surface area contributed by atoms with E-state index in [2.05, 4.69) is 39.1 Å². The van der Waals surface area contributed by atoms with Gasteiger partial charge in [0.15, 0.2) is 0 Å². The zero-order chi connectivity index (χ0) is 16.2. The summed E-state index contributed by atoms with van der Waals surface area (Å²) in [6, 6.07) is 2.30. The standard InChI is InChI=1S/C16H17IN4OS/c17-11-8-19-21(9-11)10-15(22)20-16-13(7-18)12-5-3-1-2-4-6-14(12)23-16/h8-9H,1-6,10H2,(H,20,22). The minimum Gasteiger partial charge on any atom is -0.315 e. The number of nitrogens with zero attached hydrogens (tertiary/aromatic N) is 3. The summed E-state index contributed by atoms with van der Waals surface area (Å²) in [7, 11) is 0. The molecule has 120 valence electrons. The molecule has 2 heterocycles. The average molecular weight is 440 g/mol. The molecule has 0 saturated carbocycles. The highest BCUT2D eigenvalue weighted by atomic mass is 127. The Bertz CT molecular complexity index is 759. The molecule has 23 heavy (non-hydrogen) atoms. The van der Waals surface area contributed by atoms with Gasteiger partial charge in [-0.25, -0.2) is 0 Å². The van der Waals surface area contributed by atoms with Gasteiger partial charge in [0.05, 0.1) is 15.3 Å². The van der Waals surface area contributed by atoms with Crippen LogP contribution in [-0.2, 0) is 24.2 Å². The van der Waals surface area contributed by atoms with E-state index in [0.29, 0.717) is 10.6 Å². The van der Waals surface area contributed by atoms with Crippen LogP contribution in [0.3, 0.4) is 0 Å². The van der Waals surface area contributed by atoms with E-state index < -0.39 is 0 Å². The normalized spacial score (nSPS) is 14.4. The minimum atomic E-state index is -0.143. The zero-order valence-corrected chi connectivity index (χ0v) is 15.6. The second kappa shape index (κ2) is 7.45. The van der Waals surface area contributed by atoms with Crippen molar-refractivity contribution in [2.24, 2.45) is 0 Å². The Morgan fingerprint density at radius 3 is 2.87 bits per heavy atom. The molecule has 0 fully saturated rings. The summed E-state index contributed by atoms with van der Waals surface area (Å²) in [6.45, 7) is 0.163. The molecule has 7 heteroatoms. The van der Waals surface area contributed by atoms with Crippen LogP contribution >= 0.6 is 33.9 Å². The molecule has 0 spiro atoms. The van der Waals surface area contributed by atoms with Gasteiger partial charge in [-0.1, -0.05) is 12.8 Å². The summed E-state index contributed by atoms with van der Waals surface area (Å²) in [5.41, 5.74) is 1.82. The Morgan fingerprint density at radius 1 is 1.39 bits per heavy atom. The zero-order valence-electron chi connectivity index (χ0n) is 12.6. The van der Waals surface area contributed by atoms with Crippen LogP contribution in [0.2, 0.25) is 0 Å². The first-order valence-corrected chi connectivity index (χ1v) is 9.59. The first kappa shape index (κ1) is 16.5. The Kier molecular flexibility index (Phi) is 5.33. The van der Waals surface area contributed by atoms with E-state index in [1.807, 2.05) is 6.20 Å². The fourth-order valence-electron chi connectivity index (χ4n) is 2.86. The number of nitrogens with one attached hydrogen (secondary N) is 1. The number of aromatic nitrogens is 2. The third kappa shape index (κ3) is 3.93. The summed E-state index contributed by atoms with van der Waals surface area (Å²) in [5, 5.41) is 17.2. The predicted octanol–water partition coefficient (Wildman–Crippen LogP) is 3.72. The second-order valence-electron chi connectivity index (χ2n) is 5.64. The highest BCUT2D eigenvalue weighted by Crippen LogP contribution is 2.36. The maximum Gasteiger partial charge on any atom is 0.246 e. The lowest BCUT2D eigenvalue weighted by molar-refractivity contribution is -0.116. The van der Waals surface area contributed by atoms with Gasteiger partial charge >= 0.3 is 0 Å². The largest absolute Gasteiger partial charge is 0.315 e.